The van der Waals surface area contributed by atoms with Crippen molar-refractivity contribution < 1.29 is 4.79 Å². The van der Waals surface area contributed by atoms with Crippen molar-refractivity contribution in [1.29, 1.82) is 0 Å². The Balaban J connectivity index is 1.90. The van der Waals surface area contributed by atoms with Crippen LogP contribution in [-0.4, -0.2) is 26.4 Å². The van der Waals surface area contributed by atoms with Crippen LogP contribution in [0.15, 0.2) is 40.2 Å². The molecule has 2 aromatic rings. The molecule has 0 aliphatic carbocycles. The molecule has 1 aromatic carbocycles. The summed E-state index contributed by atoms with van der Waals surface area (Å²) in [6.45, 7) is 2.80. The highest BCUT2D eigenvalue weighted by Gasteiger charge is 2.09. The first kappa shape index (κ1) is 14.1. The van der Waals surface area contributed by atoms with Gasteiger partial charge in [-0.15, -0.1) is 10.2 Å². The van der Waals surface area contributed by atoms with E-state index in [1.54, 1.807) is 6.33 Å². The zero-order valence-electron chi connectivity index (χ0n) is 10.3. The third-order valence-corrected chi connectivity index (χ3v) is 4.07. The molecule has 0 saturated heterocycles. The number of aryl methyl sites for hydroxylation is 1. The van der Waals surface area contributed by atoms with Crippen molar-refractivity contribution in [3.63, 3.8) is 0 Å². The monoisotopic (exact) mass is 340 g/mol. The lowest BCUT2D eigenvalue weighted by Crippen LogP contribution is -2.14. The van der Waals surface area contributed by atoms with Gasteiger partial charge in [-0.2, -0.15) is 0 Å². The Morgan fingerprint density at radius 2 is 2.26 bits per heavy atom. The molecule has 2 rings (SSSR count). The molecule has 0 fully saturated rings. The lowest BCUT2D eigenvalue weighted by Gasteiger charge is -2.07. The predicted octanol–water partition coefficient (Wildman–Crippen LogP) is 2.79. The number of aromatic nitrogens is 3. The molecular weight excluding hydrogens is 328 g/mol. The number of anilines is 1. The highest BCUT2D eigenvalue weighted by molar-refractivity contribution is 9.10. The minimum atomic E-state index is -0.0671. The number of para-hydroxylation sites is 1. The summed E-state index contributed by atoms with van der Waals surface area (Å²) < 4.78 is 2.76. The number of benzene rings is 1. The summed E-state index contributed by atoms with van der Waals surface area (Å²) >= 11 is 4.76. The minimum Gasteiger partial charge on any atom is -0.324 e. The largest absolute Gasteiger partial charge is 0.324 e. The standard InChI is InChI=1S/C12H13BrN4OS/c1-2-17-8-14-16-12(17)19-7-11(18)15-10-6-4-3-5-9(10)13/h3-6,8H,2,7H2,1H3,(H,15,18). The van der Waals surface area contributed by atoms with Gasteiger partial charge in [0, 0.05) is 11.0 Å². The highest BCUT2D eigenvalue weighted by atomic mass is 79.9. The Morgan fingerprint density at radius 3 is 3.00 bits per heavy atom. The molecule has 0 bridgehead atoms. The van der Waals surface area contributed by atoms with Crippen LogP contribution in [0.1, 0.15) is 6.92 Å². The molecule has 100 valence electrons. The Labute approximate surface area is 123 Å². The fraction of sp³-hybridized carbons (Fsp3) is 0.250. The van der Waals surface area contributed by atoms with Gasteiger partial charge in [-0.25, -0.2) is 0 Å². The zero-order chi connectivity index (χ0) is 13.7. The van der Waals surface area contributed by atoms with Crippen LogP contribution in [0.4, 0.5) is 5.69 Å². The molecular formula is C12H13BrN4OS. The third-order valence-electron chi connectivity index (χ3n) is 2.40. The van der Waals surface area contributed by atoms with Gasteiger partial charge in [0.2, 0.25) is 5.91 Å². The van der Waals surface area contributed by atoms with Gasteiger partial charge >= 0.3 is 0 Å². The molecule has 0 atom stereocenters. The molecule has 0 unspecified atom stereocenters. The minimum absolute atomic E-state index is 0.0671. The second-order valence-corrected chi connectivity index (χ2v) is 5.51. The van der Waals surface area contributed by atoms with Crippen LogP contribution in [0.25, 0.3) is 0 Å². The first-order valence-electron chi connectivity index (χ1n) is 5.75. The lowest BCUT2D eigenvalue weighted by atomic mass is 10.3. The van der Waals surface area contributed by atoms with Crippen LogP contribution in [0.3, 0.4) is 0 Å². The first-order valence-corrected chi connectivity index (χ1v) is 7.53. The maximum absolute atomic E-state index is 11.8. The van der Waals surface area contributed by atoms with E-state index in [0.717, 1.165) is 21.9 Å². The van der Waals surface area contributed by atoms with Gasteiger partial charge in [0.1, 0.15) is 6.33 Å². The molecule has 5 nitrogen and oxygen atoms in total. The number of carbonyl (C=O) groups is 1. The van der Waals surface area contributed by atoms with Gasteiger partial charge in [0.15, 0.2) is 5.16 Å². The molecule has 0 radical (unpaired) electrons. The van der Waals surface area contributed by atoms with E-state index >= 15 is 0 Å². The van der Waals surface area contributed by atoms with Crippen molar-refractivity contribution in [3.05, 3.63) is 35.1 Å². The van der Waals surface area contributed by atoms with Gasteiger partial charge in [0.05, 0.1) is 11.4 Å². The highest BCUT2D eigenvalue weighted by Crippen LogP contribution is 2.22. The fourth-order valence-electron chi connectivity index (χ4n) is 1.45. The summed E-state index contributed by atoms with van der Waals surface area (Å²) in [6.07, 6.45) is 1.66. The van der Waals surface area contributed by atoms with E-state index in [4.69, 9.17) is 0 Å². The molecule has 0 saturated carbocycles. The quantitative estimate of drug-likeness (QED) is 0.850. The van der Waals surface area contributed by atoms with Crippen molar-refractivity contribution in [1.82, 2.24) is 14.8 Å². The van der Waals surface area contributed by atoms with E-state index in [2.05, 4.69) is 31.4 Å². The Morgan fingerprint density at radius 1 is 1.47 bits per heavy atom. The van der Waals surface area contributed by atoms with E-state index in [-0.39, 0.29) is 5.91 Å². The summed E-state index contributed by atoms with van der Waals surface area (Å²) in [5.41, 5.74) is 0.769. The topological polar surface area (TPSA) is 59.8 Å². The number of halogens is 1. The molecule has 19 heavy (non-hydrogen) atoms. The van der Waals surface area contributed by atoms with Crippen LogP contribution in [0.2, 0.25) is 0 Å². The Hall–Kier alpha value is -1.34. The van der Waals surface area contributed by atoms with E-state index in [9.17, 15) is 4.79 Å². The number of nitrogens with one attached hydrogen (secondary N) is 1. The number of nitrogens with zero attached hydrogens (tertiary/aromatic N) is 3. The van der Waals surface area contributed by atoms with Gasteiger partial charge in [0.25, 0.3) is 0 Å². The molecule has 0 aliphatic rings. The molecule has 1 aromatic heterocycles. The second-order valence-electron chi connectivity index (χ2n) is 3.72. The second kappa shape index (κ2) is 6.72. The Bertz CT molecular complexity index is 572. The zero-order valence-corrected chi connectivity index (χ0v) is 12.7. The van der Waals surface area contributed by atoms with Crippen molar-refractivity contribution in [2.75, 3.05) is 11.1 Å². The number of amides is 1. The summed E-state index contributed by atoms with van der Waals surface area (Å²) in [6, 6.07) is 7.51. The summed E-state index contributed by atoms with van der Waals surface area (Å²) in [4.78, 5) is 11.8. The van der Waals surface area contributed by atoms with Crippen molar-refractivity contribution in [2.24, 2.45) is 0 Å². The van der Waals surface area contributed by atoms with Gasteiger partial charge in [-0.05, 0) is 35.0 Å². The van der Waals surface area contributed by atoms with E-state index in [1.165, 1.54) is 11.8 Å². The molecule has 1 N–H and O–H groups in total. The maximum atomic E-state index is 11.8. The third kappa shape index (κ3) is 3.81. The molecule has 7 heteroatoms. The number of rotatable bonds is 5. The average molecular weight is 341 g/mol. The summed E-state index contributed by atoms with van der Waals surface area (Å²) in [7, 11) is 0. The molecule has 1 amide bonds. The van der Waals surface area contributed by atoms with Gasteiger partial charge in [-0.1, -0.05) is 23.9 Å². The van der Waals surface area contributed by atoms with Gasteiger partial charge in [-0.3, -0.25) is 4.79 Å². The van der Waals surface area contributed by atoms with E-state index in [1.807, 2.05) is 35.8 Å². The SMILES string of the molecule is CCn1cnnc1SCC(=O)Nc1ccccc1Br. The summed E-state index contributed by atoms with van der Waals surface area (Å²) in [5.74, 6) is 0.239. The van der Waals surface area contributed by atoms with Gasteiger partial charge < -0.3 is 9.88 Å². The maximum Gasteiger partial charge on any atom is 0.234 e. The fourth-order valence-corrected chi connectivity index (χ4v) is 2.62. The van der Waals surface area contributed by atoms with E-state index < -0.39 is 0 Å². The number of thioether (sulfide) groups is 1. The van der Waals surface area contributed by atoms with Crippen LogP contribution in [0, 0.1) is 0 Å². The van der Waals surface area contributed by atoms with Crippen LogP contribution in [-0.2, 0) is 11.3 Å². The number of hydrogen-bond acceptors (Lipinski definition) is 4. The molecule has 1 heterocycles. The van der Waals surface area contributed by atoms with Crippen LogP contribution in [0.5, 0.6) is 0 Å². The van der Waals surface area contributed by atoms with Crippen molar-refractivity contribution in [3.8, 4) is 0 Å². The number of hydrogen-bond donors (Lipinski definition) is 1. The Kier molecular flexibility index (Phi) is 4.98. The first-order chi connectivity index (χ1) is 9.20. The average Bonchev–Trinajstić information content (AvgIpc) is 2.86. The van der Waals surface area contributed by atoms with Crippen molar-refractivity contribution in [2.45, 2.75) is 18.6 Å². The van der Waals surface area contributed by atoms with Crippen LogP contribution >= 0.6 is 27.7 Å². The summed E-state index contributed by atoms with van der Waals surface area (Å²) in [5, 5.41) is 11.4. The molecule has 0 spiro atoms. The normalized spacial score (nSPS) is 10.4. The predicted molar refractivity (Wildman–Crippen MR) is 79.2 cm³/mol. The smallest absolute Gasteiger partial charge is 0.234 e. The molecule has 0 aliphatic heterocycles. The lowest BCUT2D eigenvalue weighted by molar-refractivity contribution is -0.113. The van der Waals surface area contributed by atoms with Crippen LogP contribution < -0.4 is 5.32 Å². The number of carbonyl (C=O) groups excluding carboxylic acids is 1. The van der Waals surface area contributed by atoms with E-state index in [0.29, 0.717) is 5.75 Å². The van der Waals surface area contributed by atoms with Crippen molar-refractivity contribution >= 4 is 39.3 Å².